The second kappa shape index (κ2) is 7.29. The molecular weight excluding hydrogens is 312 g/mol. The number of hydrogen-bond acceptors (Lipinski definition) is 6. The second-order valence-electron chi connectivity index (χ2n) is 4.72. The number of nitrogens with zero attached hydrogens (tertiary/aromatic N) is 2. The summed E-state index contributed by atoms with van der Waals surface area (Å²) < 4.78 is 25.4. The number of nitro groups is 1. The third-order valence-corrected chi connectivity index (χ3v) is 4.66. The molecule has 0 bridgehead atoms. The number of carbonyl (C=O) groups is 1. The fourth-order valence-electron chi connectivity index (χ4n) is 1.60. The molecule has 0 heterocycles. The van der Waals surface area contributed by atoms with Crippen LogP contribution in [0, 0.1) is 10.1 Å². The number of nitrogens with two attached hydrogens (primary N) is 1. The van der Waals surface area contributed by atoms with E-state index in [1.807, 2.05) is 0 Å². The van der Waals surface area contributed by atoms with Gasteiger partial charge in [0.05, 0.1) is 16.4 Å². The first-order valence-corrected chi connectivity index (χ1v) is 7.82. The van der Waals surface area contributed by atoms with Crippen molar-refractivity contribution in [3.63, 3.8) is 0 Å². The highest BCUT2D eigenvalue weighted by Gasteiger charge is 2.25. The van der Waals surface area contributed by atoms with E-state index in [4.69, 9.17) is 5.73 Å². The first-order valence-electron chi connectivity index (χ1n) is 6.38. The van der Waals surface area contributed by atoms with Gasteiger partial charge in [-0.1, -0.05) is 6.07 Å². The van der Waals surface area contributed by atoms with E-state index in [2.05, 4.69) is 5.32 Å². The molecule has 0 aliphatic heterocycles. The first kappa shape index (κ1) is 18.0. The fourth-order valence-corrected chi connectivity index (χ4v) is 2.77. The molecule has 10 heteroatoms. The Morgan fingerprint density at radius 1 is 1.50 bits per heavy atom. The van der Waals surface area contributed by atoms with Crippen LogP contribution in [0.2, 0.25) is 0 Å². The molecule has 122 valence electrons. The van der Waals surface area contributed by atoms with Crippen LogP contribution in [0.15, 0.2) is 29.2 Å². The molecule has 0 aliphatic carbocycles. The van der Waals surface area contributed by atoms with Crippen molar-refractivity contribution in [2.24, 2.45) is 5.73 Å². The summed E-state index contributed by atoms with van der Waals surface area (Å²) in [5.74, 6) is -0.505. The molecule has 1 aromatic rings. The Labute approximate surface area is 128 Å². The summed E-state index contributed by atoms with van der Waals surface area (Å²) in [4.78, 5) is 21.5. The van der Waals surface area contributed by atoms with Gasteiger partial charge in [-0.25, -0.2) is 8.42 Å². The van der Waals surface area contributed by atoms with E-state index in [0.29, 0.717) is 0 Å². The van der Waals surface area contributed by atoms with Crippen molar-refractivity contribution in [2.75, 3.05) is 20.1 Å². The summed E-state index contributed by atoms with van der Waals surface area (Å²) in [5.41, 5.74) is 5.03. The van der Waals surface area contributed by atoms with E-state index in [-0.39, 0.29) is 23.2 Å². The van der Waals surface area contributed by atoms with Crippen LogP contribution >= 0.6 is 0 Å². The Hall–Kier alpha value is -2.04. The summed E-state index contributed by atoms with van der Waals surface area (Å²) in [6.07, 6.45) is 0. The Kier molecular flexibility index (Phi) is 5.97. The summed E-state index contributed by atoms with van der Waals surface area (Å²) >= 11 is 0. The van der Waals surface area contributed by atoms with E-state index in [0.717, 1.165) is 10.4 Å². The smallest absolute Gasteiger partial charge is 0.270 e. The molecule has 22 heavy (non-hydrogen) atoms. The Bertz CT molecular complexity index is 661. The zero-order valence-electron chi connectivity index (χ0n) is 12.2. The largest absolute Gasteiger partial charge is 0.351 e. The number of nitro benzene ring substituents is 1. The molecule has 0 aliphatic rings. The molecule has 1 amide bonds. The predicted octanol–water partition coefficient (Wildman–Crippen LogP) is -0.321. The van der Waals surface area contributed by atoms with E-state index in [1.54, 1.807) is 6.92 Å². The molecular formula is C12H18N4O5S. The summed E-state index contributed by atoms with van der Waals surface area (Å²) in [7, 11) is -2.77. The number of benzene rings is 1. The molecule has 0 fully saturated rings. The zero-order valence-corrected chi connectivity index (χ0v) is 13.0. The molecule has 1 aromatic carbocycles. The van der Waals surface area contributed by atoms with Gasteiger partial charge >= 0.3 is 0 Å². The van der Waals surface area contributed by atoms with Crippen molar-refractivity contribution in [2.45, 2.75) is 17.9 Å². The first-order chi connectivity index (χ1) is 10.2. The van der Waals surface area contributed by atoms with Crippen LogP contribution in [-0.4, -0.2) is 49.7 Å². The minimum atomic E-state index is -4.00. The minimum absolute atomic E-state index is 0.229. The predicted molar refractivity (Wildman–Crippen MR) is 79.6 cm³/mol. The van der Waals surface area contributed by atoms with Gasteiger partial charge in [-0.2, -0.15) is 4.31 Å². The maximum atomic E-state index is 12.3. The fraction of sp³-hybridized carbons (Fsp3) is 0.417. The van der Waals surface area contributed by atoms with Gasteiger partial charge in [0.25, 0.3) is 5.69 Å². The lowest BCUT2D eigenvalue weighted by Gasteiger charge is -2.18. The number of amides is 1. The maximum Gasteiger partial charge on any atom is 0.270 e. The lowest BCUT2D eigenvalue weighted by Crippen LogP contribution is -2.44. The van der Waals surface area contributed by atoms with Crippen LogP contribution in [0.5, 0.6) is 0 Å². The van der Waals surface area contributed by atoms with Crippen molar-refractivity contribution >= 4 is 21.6 Å². The SMILES string of the molecule is C[C@@H](CN)NC(=O)CN(C)S(=O)(=O)c1cccc([N+](=O)[O-])c1. The highest BCUT2D eigenvalue weighted by molar-refractivity contribution is 7.89. The number of hydrogen-bond donors (Lipinski definition) is 2. The number of likely N-dealkylation sites (N-methyl/N-ethyl adjacent to an activating group) is 1. The molecule has 0 saturated carbocycles. The van der Waals surface area contributed by atoms with Gasteiger partial charge in [0.15, 0.2) is 0 Å². The van der Waals surface area contributed by atoms with Crippen LogP contribution in [0.3, 0.4) is 0 Å². The Morgan fingerprint density at radius 3 is 2.68 bits per heavy atom. The van der Waals surface area contributed by atoms with Crippen molar-refractivity contribution in [1.82, 2.24) is 9.62 Å². The topological polar surface area (TPSA) is 136 Å². The second-order valence-corrected chi connectivity index (χ2v) is 6.76. The van der Waals surface area contributed by atoms with Crippen molar-refractivity contribution in [1.29, 1.82) is 0 Å². The van der Waals surface area contributed by atoms with E-state index < -0.39 is 27.4 Å². The van der Waals surface area contributed by atoms with Crippen LogP contribution in [0.1, 0.15) is 6.92 Å². The Balaban J connectivity index is 2.91. The normalized spacial score (nSPS) is 12.9. The van der Waals surface area contributed by atoms with E-state index >= 15 is 0 Å². The molecule has 1 rings (SSSR count). The number of nitrogens with one attached hydrogen (secondary N) is 1. The minimum Gasteiger partial charge on any atom is -0.351 e. The van der Waals surface area contributed by atoms with Gasteiger partial charge in [0.1, 0.15) is 0 Å². The van der Waals surface area contributed by atoms with Gasteiger partial charge in [0.2, 0.25) is 15.9 Å². The zero-order chi connectivity index (χ0) is 16.9. The van der Waals surface area contributed by atoms with Crippen LogP contribution in [0.4, 0.5) is 5.69 Å². The summed E-state index contributed by atoms with van der Waals surface area (Å²) in [6.45, 7) is 1.51. The van der Waals surface area contributed by atoms with Crippen molar-refractivity contribution < 1.29 is 18.1 Å². The third kappa shape index (κ3) is 4.48. The van der Waals surface area contributed by atoms with Gasteiger partial charge in [-0.05, 0) is 13.0 Å². The van der Waals surface area contributed by atoms with Crippen LogP contribution in [0.25, 0.3) is 0 Å². The molecule has 0 saturated heterocycles. The van der Waals surface area contributed by atoms with Crippen molar-refractivity contribution in [3.8, 4) is 0 Å². The van der Waals surface area contributed by atoms with Gasteiger partial charge in [0, 0.05) is 31.8 Å². The third-order valence-electron chi connectivity index (χ3n) is 2.86. The molecule has 0 radical (unpaired) electrons. The summed E-state index contributed by atoms with van der Waals surface area (Å²) in [5, 5.41) is 13.2. The molecule has 0 unspecified atom stereocenters. The van der Waals surface area contributed by atoms with Gasteiger partial charge in [-0.3, -0.25) is 14.9 Å². The average Bonchev–Trinajstić information content (AvgIpc) is 2.46. The standard InChI is InChI=1S/C12H18N4O5S/c1-9(7-13)14-12(17)8-15(2)22(20,21)11-5-3-4-10(6-11)16(18)19/h3-6,9H,7-8,13H2,1-2H3,(H,14,17)/t9-/m0/s1. The highest BCUT2D eigenvalue weighted by Crippen LogP contribution is 2.19. The lowest BCUT2D eigenvalue weighted by atomic mass is 10.3. The average molecular weight is 330 g/mol. The monoisotopic (exact) mass is 330 g/mol. The molecule has 0 aromatic heterocycles. The number of rotatable bonds is 7. The molecule has 0 spiro atoms. The molecule has 1 atom stereocenters. The molecule has 3 N–H and O–H groups in total. The Morgan fingerprint density at radius 2 is 2.14 bits per heavy atom. The quantitative estimate of drug-likeness (QED) is 0.519. The summed E-state index contributed by atoms with van der Waals surface area (Å²) in [6, 6.07) is 4.37. The van der Waals surface area contributed by atoms with Crippen LogP contribution < -0.4 is 11.1 Å². The van der Waals surface area contributed by atoms with Gasteiger partial charge < -0.3 is 11.1 Å². The lowest BCUT2D eigenvalue weighted by molar-refractivity contribution is -0.385. The van der Waals surface area contributed by atoms with E-state index in [9.17, 15) is 23.3 Å². The maximum absolute atomic E-state index is 12.3. The number of non-ortho nitro benzene ring substituents is 1. The van der Waals surface area contributed by atoms with E-state index in [1.165, 1.54) is 25.2 Å². The highest BCUT2D eigenvalue weighted by atomic mass is 32.2. The molecule has 9 nitrogen and oxygen atoms in total. The number of carbonyl (C=O) groups excluding carboxylic acids is 1. The van der Waals surface area contributed by atoms with Crippen LogP contribution in [-0.2, 0) is 14.8 Å². The number of sulfonamides is 1. The van der Waals surface area contributed by atoms with Crippen molar-refractivity contribution in [3.05, 3.63) is 34.4 Å². The van der Waals surface area contributed by atoms with Gasteiger partial charge in [-0.15, -0.1) is 0 Å².